The second-order valence-corrected chi connectivity index (χ2v) is 7.24. The number of aromatic nitrogens is 2. The summed E-state index contributed by atoms with van der Waals surface area (Å²) in [6.45, 7) is 11.4. The molecule has 18 heavy (non-hydrogen) atoms. The van der Waals surface area contributed by atoms with Gasteiger partial charge in [-0.1, -0.05) is 40.7 Å². The van der Waals surface area contributed by atoms with Gasteiger partial charge in [0.25, 0.3) is 0 Å². The molecule has 0 radical (unpaired) electrons. The first-order valence-corrected chi connectivity index (χ1v) is 6.71. The van der Waals surface area contributed by atoms with E-state index >= 15 is 0 Å². The van der Waals surface area contributed by atoms with Crippen LogP contribution in [0.25, 0.3) is 11.0 Å². The van der Waals surface area contributed by atoms with Gasteiger partial charge in [-0.3, -0.25) is 0 Å². The number of imidazole rings is 1. The Morgan fingerprint density at radius 3 is 2.44 bits per heavy atom. The van der Waals surface area contributed by atoms with Crippen molar-refractivity contribution in [2.45, 2.75) is 46.5 Å². The lowest BCUT2D eigenvalue weighted by molar-refractivity contribution is 0.284. The third-order valence-electron chi connectivity index (χ3n) is 3.21. The second-order valence-electron chi connectivity index (χ2n) is 6.88. The van der Waals surface area contributed by atoms with E-state index in [0.29, 0.717) is 10.7 Å². The van der Waals surface area contributed by atoms with Gasteiger partial charge in [0.2, 0.25) is 5.28 Å². The van der Waals surface area contributed by atoms with Crippen molar-refractivity contribution in [3.63, 3.8) is 0 Å². The molecule has 2 nitrogen and oxygen atoms in total. The molecule has 98 valence electrons. The molecule has 0 saturated carbocycles. The fraction of sp³-hybridized carbons (Fsp3) is 0.533. The normalized spacial score (nSPS) is 13.2. The van der Waals surface area contributed by atoms with E-state index in [1.807, 2.05) is 6.07 Å². The molecule has 0 aliphatic rings. The highest BCUT2D eigenvalue weighted by atomic mass is 35.5. The average Bonchev–Trinajstić information content (AvgIpc) is 2.52. The number of nitrogens with zero attached hydrogens (tertiary/aromatic N) is 1. The summed E-state index contributed by atoms with van der Waals surface area (Å²) in [5.74, 6) is 0. The molecule has 2 aromatic rings. The number of hydrogen-bond donors (Lipinski definition) is 1. The molecule has 1 aromatic heterocycles. The summed E-state index contributed by atoms with van der Waals surface area (Å²) in [6, 6.07) is 6.36. The lowest BCUT2D eigenvalue weighted by atomic mass is 9.72. The Bertz CT molecular complexity index is 561. The quantitative estimate of drug-likeness (QED) is 0.819. The fourth-order valence-electron chi connectivity index (χ4n) is 2.83. The van der Waals surface area contributed by atoms with Crippen LogP contribution in [-0.2, 0) is 5.41 Å². The van der Waals surface area contributed by atoms with Gasteiger partial charge < -0.3 is 4.98 Å². The maximum atomic E-state index is 5.89. The number of hydrogen-bond acceptors (Lipinski definition) is 1. The predicted molar refractivity (Wildman–Crippen MR) is 78.2 cm³/mol. The van der Waals surface area contributed by atoms with Crippen LogP contribution in [0.3, 0.4) is 0 Å². The Labute approximate surface area is 114 Å². The van der Waals surface area contributed by atoms with E-state index < -0.39 is 0 Å². The molecule has 1 aromatic carbocycles. The SMILES string of the molecule is CC(C)(C)CC(C)(C)c1ccc2nc(Cl)[nH]c2c1. The molecule has 0 saturated heterocycles. The number of benzene rings is 1. The second kappa shape index (κ2) is 4.27. The third-order valence-corrected chi connectivity index (χ3v) is 3.39. The van der Waals surface area contributed by atoms with Crippen LogP contribution in [0.15, 0.2) is 18.2 Å². The van der Waals surface area contributed by atoms with E-state index in [4.69, 9.17) is 11.6 Å². The molecular weight excluding hydrogens is 244 g/mol. The number of H-pyrrole nitrogens is 1. The molecule has 3 heteroatoms. The zero-order valence-corrected chi connectivity index (χ0v) is 12.5. The molecule has 0 spiro atoms. The van der Waals surface area contributed by atoms with Gasteiger partial charge in [0.05, 0.1) is 11.0 Å². The molecule has 1 heterocycles. The number of nitrogens with one attached hydrogen (secondary N) is 1. The minimum Gasteiger partial charge on any atom is -0.329 e. The highest BCUT2D eigenvalue weighted by molar-refractivity contribution is 6.29. The van der Waals surface area contributed by atoms with E-state index in [9.17, 15) is 0 Å². The molecule has 0 atom stereocenters. The maximum absolute atomic E-state index is 5.89. The summed E-state index contributed by atoms with van der Waals surface area (Å²) in [5.41, 5.74) is 3.72. The Morgan fingerprint density at radius 1 is 1.17 bits per heavy atom. The van der Waals surface area contributed by atoms with Crippen molar-refractivity contribution >= 4 is 22.6 Å². The summed E-state index contributed by atoms with van der Waals surface area (Å²) >= 11 is 5.89. The molecular formula is C15H21ClN2. The van der Waals surface area contributed by atoms with Crippen LogP contribution in [0, 0.1) is 5.41 Å². The van der Waals surface area contributed by atoms with Crippen LogP contribution in [0.2, 0.25) is 5.28 Å². The molecule has 0 aliphatic heterocycles. The van der Waals surface area contributed by atoms with Crippen molar-refractivity contribution in [1.29, 1.82) is 0 Å². The highest BCUT2D eigenvalue weighted by Gasteiger charge is 2.27. The van der Waals surface area contributed by atoms with E-state index in [0.717, 1.165) is 17.5 Å². The van der Waals surface area contributed by atoms with Crippen LogP contribution < -0.4 is 0 Å². The van der Waals surface area contributed by atoms with Gasteiger partial charge in [0, 0.05) is 0 Å². The molecule has 0 aliphatic carbocycles. The van der Waals surface area contributed by atoms with Gasteiger partial charge >= 0.3 is 0 Å². The molecule has 0 bridgehead atoms. The Balaban J connectivity index is 2.40. The van der Waals surface area contributed by atoms with E-state index in [-0.39, 0.29) is 5.41 Å². The smallest absolute Gasteiger partial charge is 0.201 e. The zero-order chi connectivity index (χ0) is 13.6. The number of aromatic amines is 1. The summed E-state index contributed by atoms with van der Waals surface area (Å²) in [6.07, 6.45) is 1.13. The monoisotopic (exact) mass is 264 g/mol. The predicted octanol–water partition coefficient (Wildman–Crippen LogP) is 4.93. The first-order valence-electron chi connectivity index (χ1n) is 6.33. The van der Waals surface area contributed by atoms with Gasteiger partial charge in [-0.05, 0) is 46.5 Å². The Morgan fingerprint density at radius 2 is 1.83 bits per heavy atom. The van der Waals surface area contributed by atoms with E-state index in [2.05, 4.69) is 56.7 Å². The number of rotatable bonds is 2. The van der Waals surface area contributed by atoms with Gasteiger partial charge in [-0.15, -0.1) is 0 Å². The minimum atomic E-state index is 0.143. The minimum absolute atomic E-state index is 0.143. The van der Waals surface area contributed by atoms with Gasteiger partial charge in [-0.2, -0.15) is 0 Å². The maximum Gasteiger partial charge on any atom is 0.201 e. The van der Waals surface area contributed by atoms with Crippen LogP contribution >= 0.6 is 11.6 Å². The topological polar surface area (TPSA) is 28.7 Å². The number of halogens is 1. The van der Waals surface area contributed by atoms with Crippen molar-refractivity contribution < 1.29 is 0 Å². The van der Waals surface area contributed by atoms with E-state index in [1.54, 1.807) is 0 Å². The molecule has 0 fully saturated rings. The van der Waals surface area contributed by atoms with Crippen LogP contribution in [0.4, 0.5) is 0 Å². The average molecular weight is 265 g/mol. The van der Waals surface area contributed by atoms with Crippen LogP contribution in [0.5, 0.6) is 0 Å². The molecule has 2 rings (SSSR count). The van der Waals surface area contributed by atoms with Crippen molar-refractivity contribution in [3.05, 3.63) is 29.0 Å². The van der Waals surface area contributed by atoms with Gasteiger partial charge in [0.1, 0.15) is 0 Å². The zero-order valence-electron chi connectivity index (χ0n) is 11.8. The van der Waals surface area contributed by atoms with Crippen molar-refractivity contribution in [2.75, 3.05) is 0 Å². The molecule has 0 amide bonds. The number of fused-ring (bicyclic) bond motifs is 1. The Hall–Kier alpha value is -1.02. The first kappa shape index (κ1) is 13.4. The third kappa shape index (κ3) is 2.86. The van der Waals surface area contributed by atoms with Gasteiger partial charge in [-0.25, -0.2) is 4.98 Å². The van der Waals surface area contributed by atoms with Crippen molar-refractivity contribution in [1.82, 2.24) is 9.97 Å². The van der Waals surface area contributed by atoms with Crippen molar-refractivity contribution in [2.24, 2.45) is 5.41 Å². The Kier molecular flexibility index (Phi) is 3.18. The highest BCUT2D eigenvalue weighted by Crippen LogP contribution is 2.37. The molecule has 0 unspecified atom stereocenters. The molecule has 1 N–H and O–H groups in total. The first-order chi connectivity index (χ1) is 8.17. The lowest BCUT2D eigenvalue weighted by Crippen LogP contribution is -2.24. The summed E-state index contributed by atoms with van der Waals surface area (Å²) in [4.78, 5) is 7.31. The van der Waals surface area contributed by atoms with E-state index in [1.165, 1.54) is 5.56 Å². The summed E-state index contributed by atoms with van der Waals surface area (Å²) < 4.78 is 0. The standard InChI is InChI=1S/C15H21ClN2/c1-14(2,3)9-15(4,5)10-6-7-11-12(8-10)18-13(16)17-11/h6-8H,9H2,1-5H3,(H,17,18). The van der Waals surface area contributed by atoms with Gasteiger partial charge in [0.15, 0.2) is 0 Å². The lowest BCUT2D eigenvalue weighted by Gasteiger charge is -2.33. The summed E-state index contributed by atoms with van der Waals surface area (Å²) in [7, 11) is 0. The largest absolute Gasteiger partial charge is 0.329 e. The van der Waals surface area contributed by atoms with Crippen LogP contribution in [-0.4, -0.2) is 9.97 Å². The fourth-order valence-corrected chi connectivity index (χ4v) is 3.02. The summed E-state index contributed by atoms with van der Waals surface area (Å²) in [5, 5.41) is 0.454. The van der Waals surface area contributed by atoms with Crippen molar-refractivity contribution in [3.8, 4) is 0 Å². The van der Waals surface area contributed by atoms with Crippen LogP contribution in [0.1, 0.15) is 46.6 Å².